The average molecular weight is 512 g/mol. The lowest BCUT2D eigenvalue weighted by Gasteiger charge is -2.28. The van der Waals surface area contributed by atoms with Crippen molar-refractivity contribution in [1.29, 1.82) is 0 Å². The molecule has 0 saturated heterocycles. The molecule has 0 saturated carbocycles. The van der Waals surface area contributed by atoms with E-state index < -0.39 is 0 Å². The number of aromatic nitrogens is 2. The van der Waals surface area contributed by atoms with E-state index in [0.717, 1.165) is 38.3 Å². The Labute approximate surface area is 201 Å². The van der Waals surface area contributed by atoms with Crippen LogP contribution in [0.4, 0.5) is 11.6 Å². The second kappa shape index (κ2) is 10.7. The van der Waals surface area contributed by atoms with Crippen molar-refractivity contribution >= 4 is 33.5 Å². The van der Waals surface area contributed by atoms with E-state index in [9.17, 15) is 4.79 Å². The highest BCUT2D eigenvalue weighted by Gasteiger charge is 2.17. The van der Waals surface area contributed by atoms with Crippen LogP contribution in [0.2, 0.25) is 0 Å². The highest BCUT2D eigenvalue weighted by Crippen LogP contribution is 2.31. The molecule has 2 aromatic carbocycles. The molecule has 0 unspecified atom stereocenters. The smallest absolute Gasteiger partial charge is 0.254 e. The molecule has 0 atom stereocenters. The number of rotatable bonds is 8. The minimum absolute atomic E-state index is 0.232. The number of ether oxygens (including phenoxy) is 2. The van der Waals surface area contributed by atoms with Crippen LogP contribution in [-0.2, 0) is 17.7 Å². The number of benzene rings is 2. The van der Waals surface area contributed by atoms with Crippen molar-refractivity contribution < 1.29 is 14.3 Å². The molecule has 0 aliphatic carbocycles. The molecule has 8 nitrogen and oxygen atoms in total. The number of hydrogen-bond acceptors (Lipinski definition) is 7. The maximum atomic E-state index is 12.1. The number of anilines is 2. The van der Waals surface area contributed by atoms with E-state index in [1.165, 1.54) is 11.1 Å². The summed E-state index contributed by atoms with van der Waals surface area (Å²) in [5.74, 6) is 0.900. The fourth-order valence-electron chi connectivity index (χ4n) is 3.69. The first-order chi connectivity index (χ1) is 16.1. The Hall–Kier alpha value is -3.01. The summed E-state index contributed by atoms with van der Waals surface area (Å²) < 4.78 is 11.7. The zero-order chi connectivity index (χ0) is 23.2. The Bertz CT molecular complexity index is 1140. The van der Waals surface area contributed by atoms with Gasteiger partial charge in [-0.05, 0) is 57.7 Å². The molecular weight excluding hydrogens is 486 g/mol. The van der Waals surface area contributed by atoms with E-state index in [2.05, 4.69) is 53.6 Å². The van der Waals surface area contributed by atoms with Crippen LogP contribution in [0.25, 0.3) is 0 Å². The molecule has 1 aliphatic rings. The maximum Gasteiger partial charge on any atom is 0.254 e. The lowest BCUT2D eigenvalue weighted by Crippen LogP contribution is -2.33. The van der Waals surface area contributed by atoms with Gasteiger partial charge >= 0.3 is 0 Å². The van der Waals surface area contributed by atoms with Crippen LogP contribution < -0.4 is 15.4 Å². The quantitative estimate of drug-likeness (QED) is 0.469. The van der Waals surface area contributed by atoms with Crippen LogP contribution in [0.15, 0.2) is 53.1 Å². The molecule has 33 heavy (non-hydrogen) atoms. The molecule has 2 N–H and O–H groups in total. The predicted octanol–water partition coefficient (Wildman–Crippen LogP) is 4.14. The number of methoxy groups -OCH3 is 1. The summed E-state index contributed by atoms with van der Waals surface area (Å²) in [6.07, 6.45) is 2.61. The number of carbonyl (C=O) groups is 1. The van der Waals surface area contributed by atoms with Crippen molar-refractivity contribution in [3.8, 4) is 11.6 Å². The number of fused-ring (bicyclic) bond motifs is 1. The van der Waals surface area contributed by atoms with Gasteiger partial charge in [0.05, 0.1) is 22.8 Å². The average Bonchev–Trinajstić information content (AvgIpc) is 2.84. The molecule has 4 rings (SSSR count). The fraction of sp³-hybridized carbons (Fsp3) is 0.292. The van der Waals surface area contributed by atoms with Crippen LogP contribution in [0, 0.1) is 0 Å². The van der Waals surface area contributed by atoms with Crippen LogP contribution in [0.3, 0.4) is 0 Å². The number of hydrogen-bond donors (Lipinski definition) is 2. The first kappa shape index (κ1) is 23.2. The largest absolute Gasteiger partial charge is 0.437 e. The van der Waals surface area contributed by atoms with Crippen LogP contribution in [0.5, 0.6) is 11.6 Å². The zero-order valence-electron chi connectivity index (χ0n) is 18.6. The number of nitrogens with one attached hydrogen (secondary N) is 2. The van der Waals surface area contributed by atoms with E-state index in [0.29, 0.717) is 27.6 Å². The summed E-state index contributed by atoms with van der Waals surface area (Å²) in [5.41, 5.74) is 3.99. The Morgan fingerprint density at radius 3 is 2.88 bits per heavy atom. The van der Waals surface area contributed by atoms with E-state index in [1.807, 2.05) is 6.07 Å². The first-order valence-electron chi connectivity index (χ1n) is 10.7. The molecule has 2 heterocycles. The van der Waals surface area contributed by atoms with Crippen molar-refractivity contribution in [3.63, 3.8) is 0 Å². The lowest BCUT2D eigenvalue weighted by molar-refractivity contribution is 0.0960. The number of para-hydroxylation sites is 1. The summed E-state index contributed by atoms with van der Waals surface area (Å²) in [4.78, 5) is 23.4. The summed E-state index contributed by atoms with van der Waals surface area (Å²) in [5, 5.41) is 5.88. The Morgan fingerprint density at radius 1 is 1.21 bits per heavy atom. The van der Waals surface area contributed by atoms with Gasteiger partial charge in [-0.1, -0.05) is 18.2 Å². The molecule has 0 radical (unpaired) electrons. The fourth-order valence-corrected chi connectivity index (χ4v) is 3.97. The zero-order valence-corrected chi connectivity index (χ0v) is 20.2. The number of amides is 1. The summed E-state index contributed by atoms with van der Waals surface area (Å²) in [6, 6.07) is 13.3. The summed E-state index contributed by atoms with van der Waals surface area (Å²) >= 11 is 3.43. The van der Waals surface area contributed by atoms with Crippen LogP contribution in [0.1, 0.15) is 21.5 Å². The summed E-state index contributed by atoms with van der Waals surface area (Å²) in [7, 11) is 3.31. The minimum Gasteiger partial charge on any atom is -0.437 e. The van der Waals surface area contributed by atoms with Gasteiger partial charge in [-0.25, -0.2) is 4.98 Å². The Kier molecular flexibility index (Phi) is 7.54. The van der Waals surface area contributed by atoms with E-state index in [4.69, 9.17) is 9.47 Å². The van der Waals surface area contributed by atoms with Crippen molar-refractivity contribution in [3.05, 3.63) is 69.8 Å². The molecule has 1 aliphatic heterocycles. The van der Waals surface area contributed by atoms with Gasteiger partial charge in [-0.15, -0.1) is 0 Å². The third kappa shape index (κ3) is 5.68. The molecule has 3 aromatic rings. The van der Waals surface area contributed by atoms with Crippen LogP contribution >= 0.6 is 15.9 Å². The molecule has 172 valence electrons. The van der Waals surface area contributed by atoms with Gasteiger partial charge in [-0.3, -0.25) is 9.69 Å². The van der Waals surface area contributed by atoms with Gasteiger partial charge in [0.2, 0.25) is 11.8 Å². The van der Waals surface area contributed by atoms with Crippen molar-refractivity contribution in [1.82, 2.24) is 20.2 Å². The first-order valence-corrected chi connectivity index (χ1v) is 11.5. The third-order valence-corrected chi connectivity index (χ3v) is 5.99. The van der Waals surface area contributed by atoms with E-state index >= 15 is 0 Å². The molecule has 0 bridgehead atoms. The molecular formula is C24H26BrN5O3. The highest BCUT2D eigenvalue weighted by atomic mass is 79.9. The predicted molar refractivity (Wildman–Crippen MR) is 130 cm³/mol. The van der Waals surface area contributed by atoms with Crippen molar-refractivity contribution in [2.75, 3.05) is 39.2 Å². The van der Waals surface area contributed by atoms with Gasteiger partial charge < -0.3 is 20.1 Å². The standard InChI is InChI=1S/C24H26BrN5O3/c1-26-22(31)19-5-3-4-6-21(19)33-23-20(25)14-27-24(29-23)28-18-8-7-17-15-30(11-12-32-2)10-9-16(17)13-18/h3-8,13-14H,9-12,15H2,1-2H3,(H,26,31)(H,27,28,29). The topological polar surface area (TPSA) is 88.6 Å². The molecule has 9 heteroatoms. The normalized spacial score (nSPS) is 13.3. The molecule has 1 aromatic heterocycles. The molecule has 1 amide bonds. The Morgan fingerprint density at radius 2 is 2.06 bits per heavy atom. The third-order valence-electron chi connectivity index (χ3n) is 5.44. The second-order valence-electron chi connectivity index (χ2n) is 7.65. The van der Waals surface area contributed by atoms with Gasteiger partial charge in [0.25, 0.3) is 5.91 Å². The second-order valence-corrected chi connectivity index (χ2v) is 8.51. The van der Waals surface area contributed by atoms with Gasteiger partial charge in [0, 0.05) is 39.5 Å². The number of halogens is 1. The van der Waals surface area contributed by atoms with Gasteiger partial charge in [0.1, 0.15) is 5.75 Å². The van der Waals surface area contributed by atoms with E-state index in [1.54, 1.807) is 44.6 Å². The molecule has 0 fully saturated rings. The lowest BCUT2D eigenvalue weighted by atomic mass is 9.99. The van der Waals surface area contributed by atoms with Crippen molar-refractivity contribution in [2.45, 2.75) is 13.0 Å². The van der Waals surface area contributed by atoms with E-state index in [-0.39, 0.29) is 5.91 Å². The SMILES string of the molecule is CNC(=O)c1ccccc1Oc1nc(Nc2ccc3c(c2)CCN(CCOC)C3)ncc1Br. The summed E-state index contributed by atoms with van der Waals surface area (Å²) in [6.45, 7) is 3.62. The van der Waals surface area contributed by atoms with Gasteiger partial charge in [0.15, 0.2) is 0 Å². The minimum atomic E-state index is -0.232. The number of nitrogens with zero attached hydrogens (tertiary/aromatic N) is 3. The van der Waals surface area contributed by atoms with Crippen molar-refractivity contribution in [2.24, 2.45) is 0 Å². The molecule has 0 spiro atoms. The van der Waals surface area contributed by atoms with Gasteiger partial charge in [-0.2, -0.15) is 4.98 Å². The number of carbonyl (C=O) groups excluding carboxylic acids is 1. The highest BCUT2D eigenvalue weighted by molar-refractivity contribution is 9.10. The maximum absolute atomic E-state index is 12.1. The Balaban J connectivity index is 1.50. The van der Waals surface area contributed by atoms with Crippen LogP contribution in [-0.4, -0.2) is 54.6 Å². The monoisotopic (exact) mass is 511 g/mol.